The van der Waals surface area contributed by atoms with E-state index in [9.17, 15) is 9.59 Å². The Labute approximate surface area is 73.3 Å². The van der Waals surface area contributed by atoms with E-state index in [1.807, 2.05) is 0 Å². The smallest absolute Gasteiger partial charge is 0.314 e. The molecule has 5 heteroatoms. The zero-order valence-electron chi connectivity index (χ0n) is 6.37. The van der Waals surface area contributed by atoms with Crippen LogP contribution < -0.4 is 0 Å². The molecule has 0 N–H and O–H groups in total. The number of urea groups is 1. The average Bonchev–Trinajstić information content (AvgIpc) is 1.97. The number of hydrogen-bond donors (Lipinski definition) is 0. The van der Waals surface area contributed by atoms with Crippen LogP contribution in [-0.4, -0.2) is 40.8 Å². The van der Waals surface area contributed by atoms with Gasteiger partial charge in [0.15, 0.2) is 0 Å². The molecule has 0 aromatic rings. The minimum Gasteiger partial charge on any atom is -0.314 e. The molecule has 1 rings (SSSR count). The zero-order chi connectivity index (χ0) is 8.59. The summed E-state index contributed by atoms with van der Waals surface area (Å²) in [4.78, 5) is 24.6. The molecule has 11 heavy (non-hydrogen) atoms. The van der Waals surface area contributed by atoms with Crippen molar-refractivity contribution < 1.29 is 9.59 Å². The van der Waals surface area contributed by atoms with Crippen LogP contribution in [0, 0.1) is 0 Å². The summed E-state index contributed by atoms with van der Waals surface area (Å²) in [5.74, 6) is -0.144. The molecule has 0 aromatic heterocycles. The van der Waals surface area contributed by atoms with Crippen LogP contribution in [0.15, 0.2) is 0 Å². The van der Waals surface area contributed by atoms with Crippen LogP contribution in [0.2, 0.25) is 0 Å². The summed E-state index contributed by atoms with van der Waals surface area (Å²) in [6.07, 6.45) is 0.346. The molecular formula is C6H9BrN2O2. The second-order valence-corrected chi connectivity index (χ2v) is 3.54. The van der Waals surface area contributed by atoms with Crippen molar-refractivity contribution in [1.82, 2.24) is 9.80 Å². The van der Waals surface area contributed by atoms with Gasteiger partial charge in [-0.15, -0.1) is 0 Å². The summed E-state index contributed by atoms with van der Waals surface area (Å²) in [5, 5.41) is 0. The van der Waals surface area contributed by atoms with Gasteiger partial charge in [0.1, 0.15) is 0 Å². The number of alkyl halides is 1. The molecule has 62 valence electrons. The number of nitrogens with zero attached hydrogens (tertiary/aromatic N) is 2. The highest BCUT2D eigenvalue weighted by Crippen LogP contribution is 2.18. The van der Waals surface area contributed by atoms with Gasteiger partial charge < -0.3 is 4.90 Å². The molecule has 0 aliphatic carbocycles. The molecule has 0 saturated carbocycles. The summed E-state index contributed by atoms with van der Waals surface area (Å²) in [6, 6.07) is -0.261. The van der Waals surface area contributed by atoms with Crippen molar-refractivity contribution in [3.05, 3.63) is 0 Å². The summed E-state index contributed by atoms with van der Waals surface area (Å²) < 4.78 is 0. The topological polar surface area (TPSA) is 40.6 Å². The van der Waals surface area contributed by atoms with Gasteiger partial charge in [-0.2, -0.15) is 0 Å². The summed E-state index contributed by atoms with van der Waals surface area (Å²) in [6.45, 7) is 0. The van der Waals surface area contributed by atoms with E-state index >= 15 is 0 Å². The lowest BCUT2D eigenvalue weighted by Crippen LogP contribution is -2.51. The van der Waals surface area contributed by atoms with Gasteiger partial charge in [0.25, 0.3) is 0 Å². The predicted molar refractivity (Wildman–Crippen MR) is 43.3 cm³/mol. The van der Waals surface area contributed by atoms with E-state index in [1.54, 1.807) is 7.05 Å². The fraction of sp³-hybridized carbons (Fsp3) is 0.667. The molecule has 1 unspecified atom stereocenters. The predicted octanol–water partition coefficient (Wildman–Crippen LogP) is 0.621. The standard InChI is InChI=1S/C6H9BrN2O2/c1-8-4(7)3-5(10)9(2)6(8)11/h4H,3H2,1-2H3. The molecule has 0 bridgehead atoms. The van der Waals surface area contributed by atoms with Crippen molar-refractivity contribution in [2.75, 3.05) is 14.1 Å². The van der Waals surface area contributed by atoms with Crippen molar-refractivity contribution in [1.29, 1.82) is 0 Å². The van der Waals surface area contributed by atoms with Gasteiger partial charge in [0.05, 0.1) is 11.4 Å². The van der Waals surface area contributed by atoms with Crippen molar-refractivity contribution in [2.24, 2.45) is 0 Å². The summed E-state index contributed by atoms with van der Waals surface area (Å²) in [5.41, 5.74) is 0. The van der Waals surface area contributed by atoms with Gasteiger partial charge in [-0.3, -0.25) is 9.69 Å². The van der Waals surface area contributed by atoms with E-state index in [4.69, 9.17) is 0 Å². The molecule has 1 atom stereocenters. The number of rotatable bonds is 0. The summed E-state index contributed by atoms with van der Waals surface area (Å²) >= 11 is 3.22. The first-order chi connectivity index (χ1) is 5.04. The number of halogens is 1. The molecule has 1 aliphatic rings. The lowest BCUT2D eigenvalue weighted by Gasteiger charge is -2.32. The van der Waals surface area contributed by atoms with Crippen molar-refractivity contribution in [3.8, 4) is 0 Å². The third-order valence-corrected chi connectivity index (χ3v) is 2.66. The molecule has 3 amide bonds. The largest absolute Gasteiger partial charge is 0.327 e. The van der Waals surface area contributed by atoms with Gasteiger partial charge >= 0.3 is 6.03 Å². The SMILES string of the molecule is CN1C(=O)CC(Br)N(C)C1=O. The first-order valence-corrected chi connectivity index (χ1v) is 4.13. The molecule has 1 aliphatic heterocycles. The number of carbonyl (C=O) groups excluding carboxylic acids is 2. The molecule has 0 aromatic carbocycles. The highest BCUT2D eigenvalue weighted by Gasteiger charge is 2.32. The van der Waals surface area contributed by atoms with E-state index in [0.717, 1.165) is 4.90 Å². The second-order valence-electron chi connectivity index (χ2n) is 2.48. The Balaban J connectivity index is 2.79. The third kappa shape index (κ3) is 1.38. The van der Waals surface area contributed by atoms with Crippen LogP contribution in [-0.2, 0) is 4.79 Å². The van der Waals surface area contributed by atoms with Crippen molar-refractivity contribution >= 4 is 27.9 Å². The molecule has 4 nitrogen and oxygen atoms in total. The van der Waals surface area contributed by atoms with Gasteiger partial charge in [0.2, 0.25) is 5.91 Å². The number of carbonyl (C=O) groups is 2. The minimum absolute atomic E-state index is 0.144. The van der Waals surface area contributed by atoms with E-state index in [1.165, 1.54) is 11.9 Å². The lowest BCUT2D eigenvalue weighted by atomic mass is 10.3. The minimum atomic E-state index is -0.261. The second kappa shape index (κ2) is 2.81. The number of imide groups is 1. The highest BCUT2D eigenvalue weighted by molar-refractivity contribution is 9.09. The Morgan fingerprint density at radius 2 is 2.00 bits per heavy atom. The molecule has 1 fully saturated rings. The lowest BCUT2D eigenvalue weighted by molar-refractivity contribution is -0.129. The van der Waals surface area contributed by atoms with Crippen LogP contribution in [0.25, 0.3) is 0 Å². The average molecular weight is 221 g/mol. The maximum atomic E-state index is 11.1. The van der Waals surface area contributed by atoms with Gasteiger partial charge in [-0.05, 0) is 0 Å². The van der Waals surface area contributed by atoms with Crippen LogP contribution in [0.5, 0.6) is 0 Å². The Morgan fingerprint density at radius 3 is 2.55 bits per heavy atom. The first kappa shape index (κ1) is 8.52. The molecular weight excluding hydrogens is 212 g/mol. The van der Waals surface area contributed by atoms with Gasteiger partial charge in [-0.25, -0.2) is 4.79 Å². The van der Waals surface area contributed by atoms with Gasteiger partial charge in [-0.1, -0.05) is 15.9 Å². The van der Waals surface area contributed by atoms with Crippen LogP contribution in [0.1, 0.15) is 6.42 Å². The molecule has 0 spiro atoms. The molecule has 1 heterocycles. The fourth-order valence-electron chi connectivity index (χ4n) is 0.881. The molecule has 0 radical (unpaired) electrons. The van der Waals surface area contributed by atoms with E-state index in [2.05, 4.69) is 15.9 Å². The van der Waals surface area contributed by atoms with Crippen LogP contribution >= 0.6 is 15.9 Å². The summed E-state index contributed by atoms with van der Waals surface area (Å²) in [7, 11) is 3.14. The third-order valence-electron chi connectivity index (χ3n) is 1.73. The monoisotopic (exact) mass is 220 g/mol. The van der Waals surface area contributed by atoms with E-state index in [0.29, 0.717) is 6.42 Å². The Bertz CT molecular complexity index is 207. The quantitative estimate of drug-likeness (QED) is 0.444. The van der Waals surface area contributed by atoms with Gasteiger partial charge in [0, 0.05) is 14.1 Å². The zero-order valence-corrected chi connectivity index (χ0v) is 7.96. The maximum Gasteiger partial charge on any atom is 0.327 e. The number of hydrogen-bond acceptors (Lipinski definition) is 2. The fourth-order valence-corrected chi connectivity index (χ4v) is 1.33. The maximum absolute atomic E-state index is 11.1. The first-order valence-electron chi connectivity index (χ1n) is 3.21. The van der Waals surface area contributed by atoms with E-state index in [-0.39, 0.29) is 16.9 Å². The Morgan fingerprint density at radius 1 is 1.45 bits per heavy atom. The number of amides is 3. The van der Waals surface area contributed by atoms with Crippen molar-refractivity contribution in [3.63, 3.8) is 0 Å². The van der Waals surface area contributed by atoms with E-state index < -0.39 is 0 Å². The highest BCUT2D eigenvalue weighted by atomic mass is 79.9. The van der Waals surface area contributed by atoms with Crippen LogP contribution in [0.4, 0.5) is 4.79 Å². The van der Waals surface area contributed by atoms with Crippen molar-refractivity contribution in [2.45, 2.75) is 11.4 Å². The van der Waals surface area contributed by atoms with Crippen LogP contribution in [0.3, 0.4) is 0 Å². The normalized spacial score (nSPS) is 26.3. The Kier molecular flexibility index (Phi) is 2.17. The Hall–Kier alpha value is -0.580. The molecule has 1 saturated heterocycles.